The maximum Gasteiger partial charge on any atom is 0.325 e. The van der Waals surface area contributed by atoms with Crippen molar-refractivity contribution in [2.24, 2.45) is 0 Å². The predicted octanol–water partition coefficient (Wildman–Crippen LogP) is -1.69. The van der Waals surface area contributed by atoms with E-state index in [1.165, 1.54) is 0 Å². The van der Waals surface area contributed by atoms with Gasteiger partial charge in [-0.05, 0) is 6.92 Å². The van der Waals surface area contributed by atoms with E-state index in [0.717, 1.165) is 0 Å². The van der Waals surface area contributed by atoms with Crippen LogP contribution in [0.1, 0.15) is 6.92 Å². The molecule has 7 heteroatoms. The van der Waals surface area contributed by atoms with Crippen molar-refractivity contribution >= 4 is 17.8 Å². The van der Waals surface area contributed by atoms with E-state index in [1.807, 2.05) is 10.6 Å². The lowest BCUT2D eigenvalue weighted by molar-refractivity contribution is -0.145. The number of amides is 2. The third-order valence-corrected chi connectivity index (χ3v) is 1.23. The number of nitriles is 1. The van der Waals surface area contributed by atoms with Crippen molar-refractivity contribution in [2.45, 2.75) is 6.92 Å². The molecule has 82 valence electrons. The minimum absolute atomic E-state index is 0.204. The predicted molar refractivity (Wildman–Crippen MR) is 48.3 cm³/mol. The Bertz CT molecular complexity index is 295. The summed E-state index contributed by atoms with van der Waals surface area (Å²) in [4.78, 5) is 32.5. The molecule has 0 aliphatic heterocycles. The van der Waals surface area contributed by atoms with Crippen molar-refractivity contribution in [3.63, 3.8) is 0 Å². The molecular formula is C8H11N3O4. The van der Waals surface area contributed by atoms with Crippen LogP contribution in [0.4, 0.5) is 0 Å². The van der Waals surface area contributed by atoms with Crippen LogP contribution in [0.5, 0.6) is 0 Å². The number of rotatable bonds is 4. The number of hydrogen-bond acceptors (Lipinski definition) is 5. The number of nitrogens with one attached hydrogen (secondary N) is 2. The average molecular weight is 213 g/mol. The first-order chi connectivity index (χ1) is 7.11. The fourth-order valence-electron chi connectivity index (χ4n) is 0.645. The summed E-state index contributed by atoms with van der Waals surface area (Å²) < 4.78 is 4.52. The summed E-state index contributed by atoms with van der Waals surface area (Å²) in [5, 5.41) is 12.2. The van der Waals surface area contributed by atoms with Gasteiger partial charge in [0.1, 0.15) is 13.1 Å². The second-order valence-corrected chi connectivity index (χ2v) is 2.33. The van der Waals surface area contributed by atoms with Gasteiger partial charge in [0.2, 0.25) is 0 Å². The van der Waals surface area contributed by atoms with Gasteiger partial charge in [0, 0.05) is 0 Å². The molecule has 0 bridgehead atoms. The Morgan fingerprint density at radius 2 is 1.87 bits per heavy atom. The average Bonchev–Trinajstić information content (AvgIpc) is 2.22. The summed E-state index contributed by atoms with van der Waals surface area (Å²) in [6.45, 7) is 1.20. The lowest BCUT2D eigenvalue weighted by atomic mass is 10.5. The Morgan fingerprint density at radius 3 is 2.40 bits per heavy atom. The summed E-state index contributed by atoms with van der Waals surface area (Å²) in [6, 6.07) is 1.64. The quantitative estimate of drug-likeness (QED) is 0.329. The summed E-state index contributed by atoms with van der Waals surface area (Å²) in [5.74, 6) is -2.56. The molecule has 0 aromatic rings. The smallest absolute Gasteiger partial charge is 0.325 e. The number of nitrogens with zero attached hydrogens (tertiary/aromatic N) is 1. The molecule has 0 aliphatic carbocycles. The molecule has 15 heavy (non-hydrogen) atoms. The summed E-state index contributed by atoms with van der Waals surface area (Å²) in [6.07, 6.45) is 0. The minimum atomic E-state index is -0.974. The highest BCUT2D eigenvalue weighted by atomic mass is 16.5. The summed E-state index contributed by atoms with van der Waals surface area (Å²) in [7, 11) is 0. The van der Waals surface area contributed by atoms with Crippen molar-refractivity contribution in [2.75, 3.05) is 19.7 Å². The van der Waals surface area contributed by atoms with Gasteiger partial charge in [-0.3, -0.25) is 14.4 Å². The molecule has 0 fully saturated rings. The van der Waals surface area contributed by atoms with Crippen LogP contribution < -0.4 is 10.6 Å². The van der Waals surface area contributed by atoms with E-state index in [2.05, 4.69) is 4.74 Å². The van der Waals surface area contributed by atoms with Crippen molar-refractivity contribution < 1.29 is 19.1 Å². The Labute approximate surface area is 86.4 Å². The normalized spacial score (nSPS) is 8.53. The van der Waals surface area contributed by atoms with Crippen molar-refractivity contribution in [1.82, 2.24) is 10.6 Å². The summed E-state index contributed by atoms with van der Waals surface area (Å²) in [5.41, 5.74) is 0. The molecule has 2 N–H and O–H groups in total. The van der Waals surface area contributed by atoms with Gasteiger partial charge >= 0.3 is 17.8 Å². The van der Waals surface area contributed by atoms with Gasteiger partial charge in [0.05, 0.1) is 12.7 Å². The van der Waals surface area contributed by atoms with Gasteiger partial charge in [0.15, 0.2) is 0 Å². The van der Waals surface area contributed by atoms with Crippen molar-refractivity contribution in [3.8, 4) is 6.07 Å². The molecule has 2 amide bonds. The molecule has 0 aromatic heterocycles. The zero-order valence-corrected chi connectivity index (χ0v) is 8.20. The zero-order valence-electron chi connectivity index (χ0n) is 8.20. The lowest BCUT2D eigenvalue weighted by Crippen LogP contribution is -2.42. The van der Waals surface area contributed by atoms with Crippen LogP contribution in [-0.4, -0.2) is 37.5 Å². The first-order valence-electron chi connectivity index (χ1n) is 4.20. The number of esters is 1. The van der Waals surface area contributed by atoms with Crippen LogP contribution >= 0.6 is 0 Å². The monoisotopic (exact) mass is 213 g/mol. The van der Waals surface area contributed by atoms with E-state index in [-0.39, 0.29) is 19.7 Å². The van der Waals surface area contributed by atoms with Crippen LogP contribution in [0.3, 0.4) is 0 Å². The van der Waals surface area contributed by atoms with Gasteiger partial charge in [-0.1, -0.05) is 0 Å². The highest BCUT2D eigenvalue weighted by molar-refractivity contribution is 6.35. The maximum atomic E-state index is 10.9. The van der Waals surface area contributed by atoms with Crippen LogP contribution in [0.2, 0.25) is 0 Å². The number of hydrogen-bond donors (Lipinski definition) is 2. The Kier molecular flexibility index (Phi) is 6.29. The van der Waals surface area contributed by atoms with Crippen molar-refractivity contribution in [1.29, 1.82) is 5.26 Å². The molecule has 0 radical (unpaired) electrons. The van der Waals surface area contributed by atoms with E-state index in [4.69, 9.17) is 5.26 Å². The van der Waals surface area contributed by atoms with E-state index in [9.17, 15) is 14.4 Å². The molecule has 0 unspecified atom stereocenters. The number of ether oxygens (including phenoxy) is 1. The molecule has 7 nitrogen and oxygen atoms in total. The highest BCUT2D eigenvalue weighted by Gasteiger charge is 2.13. The van der Waals surface area contributed by atoms with Gasteiger partial charge in [-0.2, -0.15) is 5.26 Å². The van der Waals surface area contributed by atoms with Gasteiger partial charge in [-0.15, -0.1) is 0 Å². The molecule has 0 atom stereocenters. The Hall–Kier alpha value is -2.10. The standard InChI is InChI=1S/C8H11N3O4/c1-2-15-6(12)5-11-8(14)7(13)10-4-3-9/h2,4-5H2,1H3,(H,10,13)(H,11,14). The van der Waals surface area contributed by atoms with Crippen LogP contribution in [0.25, 0.3) is 0 Å². The first-order valence-corrected chi connectivity index (χ1v) is 4.20. The van der Waals surface area contributed by atoms with Crippen LogP contribution in [-0.2, 0) is 19.1 Å². The van der Waals surface area contributed by atoms with E-state index in [0.29, 0.717) is 0 Å². The van der Waals surface area contributed by atoms with Crippen LogP contribution in [0.15, 0.2) is 0 Å². The SMILES string of the molecule is CCOC(=O)CNC(=O)C(=O)NCC#N. The third kappa shape index (κ3) is 6.04. The second kappa shape index (κ2) is 7.32. The molecule has 0 saturated heterocycles. The lowest BCUT2D eigenvalue weighted by Gasteiger charge is -2.03. The Morgan fingerprint density at radius 1 is 1.27 bits per heavy atom. The minimum Gasteiger partial charge on any atom is -0.465 e. The van der Waals surface area contributed by atoms with Crippen LogP contribution in [0, 0.1) is 11.3 Å². The zero-order chi connectivity index (χ0) is 11.7. The highest BCUT2D eigenvalue weighted by Crippen LogP contribution is 1.76. The van der Waals surface area contributed by atoms with Gasteiger partial charge in [0.25, 0.3) is 0 Å². The fraction of sp³-hybridized carbons (Fsp3) is 0.500. The maximum absolute atomic E-state index is 10.9. The van der Waals surface area contributed by atoms with Gasteiger partial charge < -0.3 is 15.4 Å². The number of carbonyl (C=O) groups excluding carboxylic acids is 3. The largest absolute Gasteiger partial charge is 0.465 e. The summed E-state index contributed by atoms with van der Waals surface area (Å²) >= 11 is 0. The van der Waals surface area contributed by atoms with E-state index >= 15 is 0 Å². The van der Waals surface area contributed by atoms with E-state index < -0.39 is 17.8 Å². The third-order valence-electron chi connectivity index (χ3n) is 1.23. The molecule has 0 rings (SSSR count). The molecule has 0 heterocycles. The first kappa shape index (κ1) is 12.9. The molecule has 0 spiro atoms. The molecular weight excluding hydrogens is 202 g/mol. The molecule has 0 saturated carbocycles. The van der Waals surface area contributed by atoms with E-state index in [1.54, 1.807) is 13.0 Å². The van der Waals surface area contributed by atoms with Crippen molar-refractivity contribution in [3.05, 3.63) is 0 Å². The fourth-order valence-corrected chi connectivity index (χ4v) is 0.645. The second-order valence-electron chi connectivity index (χ2n) is 2.33. The van der Waals surface area contributed by atoms with Gasteiger partial charge in [-0.25, -0.2) is 0 Å². The topological polar surface area (TPSA) is 108 Å². The molecule has 0 aliphatic rings. The number of carbonyl (C=O) groups is 3. The Balaban J connectivity index is 3.79. The molecule has 0 aromatic carbocycles.